The Labute approximate surface area is 202 Å². The number of halogens is 1. The summed E-state index contributed by atoms with van der Waals surface area (Å²) >= 11 is 7.27. The summed E-state index contributed by atoms with van der Waals surface area (Å²) in [6.45, 7) is 4.08. The molecule has 9 heteroatoms. The fraction of sp³-hybridized carbons (Fsp3) is 0.391. The number of amides is 1. The van der Waals surface area contributed by atoms with Gasteiger partial charge in [0.15, 0.2) is 0 Å². The van der Waals surface area contributed by atoms with E-state index in [4.69, 9.17) is 19.3 Å². The molecule has 174 valence electrons. The number of benzene rings is 2. The van der Waals surface area contributed by atoms with E-state index in [0.29, 0.717) is 17.9 Å². The third-order valence-corrected chi connectivity index (χ3v) is 5.47. The van der Waals surface area contributed by atoms with Crippen molar-refractivity contribution in [3.63, 3.8) is 0 Å². The van der Waals surface area contributed by atoms with Crippen LogP contribution < -0.4 is 10.1 Å². The number of ether oxygens (including phenoxy) is 3. The molecule has 32 heavy (non-hydrogen) atoms. The topological polar surface area (TPSA) is 94.1 Å². The molecular weight excluding hydrogens is 498 g/mol. The van der Waals surface area contributed by atoms with Crippen molar-refractivity contribution in [1.29, 1.82) is 0 Å². The number of carbonyl (C=O) groups is 2. The second-order valence-electron chi connectivity index (χ2n) is 7.68. The highest BCUT2D eigenvalue weighted by Gasteiger charge is 2.35. The molecule has 2 N–H and O–H groups in total. The van der Waals surface area contributed by atoms with Gasteiger partial charge >= 0.3 is 12.1 Å². The average Bonchev–Trinajstić information content (AvgIpc) is 2.77. The average molecular weight is 526 g/mol. The van der Waals surface area contributed by atoms with Gasteiger partial charge in [-0.1, -0.05) is 41.9 Å². The Morgan fingerprint density at radius 1 is 1.16 bits per heavy atom. The Balaban J connectivity index is 2.22. The maximum atomic E-state index is 12.7. The van der Waals surface area contributed by atoms with Crippen LogP contribution in [0.2, 0.25) is 0 Å². The van der Waals surface area contributed by atoms with E-state index in [0.717, 1.165) is 10.0 Å². The molecular formula is C23H28BrNO6S. The van der Waals surface area contributed by atoms with E-state index in [1.807, 2.05) is 32.0 Å². The third kappa shape index (κ3) is 8.37. The van der Waals surface area contributed by atoms with Crippen LogP contribution in [0.25, 0.3) is 0 Å². The molecule has 2 aromatic carbocycles. The van der Waals surface area contributed by atoms with Gasteiger partial charge in [-0.25, -0.2) is 4.79 Å². The summed E-state index contributed by atoms with van der Waals surface area (Å²) < 4.78 is 17.4. The SMILES string of the molecule is CC(C)(CCOC(=O)CS)[C@H](OC(=O)Nc1ccc(Br)cc1)c1cccc(OCCO)c1. The Kier molecular flexibility index (Phi) is 10.3. The zero-order valence-electron chi connectivity index (χ0n) is 18.0. The zero-order valence-corrected chi connectivity index (χ0v) is 20.5. The molecule has 0 fully saturated rings. The Morgan fingerprint density at radius 3 is 2.53 bits per heavy atom. The van der Waals surface area contributed by atoms with Gasteiger partial charge in [-0.3, -0.25) is 10.1 Å². The molecule has 0 saturated carbocycles. The molecule has 0 aliphatic rings. The first-order valence-electron chi connectivity index (χ1n) is 10.1. The standard InChI is InChI=1S/C23H28BrNO6S/c1-23(2,10-12-30-20(27)15-32)21(16-4-3-5-19(14-16)29-13-11-26)31-22(28)25-18-8-6-17(24)7-9-18/h3-9,14,21,26,32H,10-13,15H2,1-2H3,(H,25,28)/t21-/m1/s1. The van der Waals surface area contributed by atoms with Crippen molar-refractivity contribution >= 4 is 46.3 Å². The summed E-state index contributed by atoms with van der Waals surface area (Å²) in [6, 6.07) is 14.3. The maximum Gasteiger partial charge on any atom is 0.412 e. The first-order chi connectivity index (χ1) is 15.2. The molecule has 0 aliphatic heterocycles. The summed E-state index contributed by atoms with van der Waals surface area (Å²) in [5.74, 6) is 0.143. The van der Waals surface area contributed by atoms with Crippen LogP contribution in [0.15, 0.2) is 53.0 Å². The van der Waals surface area contributed by atoms with Gasteiger partial charge in [0.1, 0.15) is 18.5 Å². The molecule has 0 aliphatic carbocycles. The van der Waals surface area contributed by atoms with Crippen LogP contribution in [0, 0.1) is 5.41 Å². The first-order valence-corrected chi connectivity index (χ1v) is 11.5. The number of nitrogens with one attached hydrogen (secondary N) is 1. The number of thiol groups is 1. The second-order valence-corrected chi connectivity index (χ2v) is 8.91. The fourth-order valence-corrected chi connectivity index (χ4v) is 3.36. The number of anilines is 1. The van der Waals surface area contributed by atoms with Gasteiger partial charge in [0.2, 0.25) is 0 Å². The molecule has 0 bridgehead atoms. The summed E-state index contributed by atoms with van der Waals surface area (Å²) in [5.41, 5.74) is 0.734. The van der Waals surface area contributed by atoms with Crippen LogP contribution >= 0.6 is 28.6 Å². The molecule has 0 unspecified atom stereocenters. The van der Waals surface area contributed by atoms with Crippen molar-refractivity contribution in [1.82, 2.24) is 0 Å². The number of hydrogen-bond donors (Lipinski definition) is 3. The third-order valence-electron chi connectivity index (χ3n) is 4.68. The van der Waals surface area contributed by atoms with E-state index < -0.39 is 23.6 Å². The van der Waals surface area contributed by atoms with Crippen LogP contribution in [0.4, 0.5) is 10.5 Å². The molecule has 0 heterocycles. The quantitative estimate of drug-likeness (QED) is 0.282. The van der Waals surface area contributed by atoms with Gasteiger partial charge in [0.05, 0.1) is 19.0 Å². The molecule has 0 saturated heterocycles. The predicted octanol–water partition coefficient (Wildman–Crippen LogP) is 5.00. The second kappa shape index (κ2) is 12.7. The van der Waals surface area contributed by atoms with Crippen molar-refractivity contribution in [2.24, 2.45) is 5.41 Å². The lowest BCUT2D eigenvalue weighted by Crippen LogP contribution is -2.30. The Morgan fingerprint density at radius 2 is 1.88 bits per heavy atom. The lowest BCUT2D eigenvalue weighted by atomic mass is 9.80. The molecule has 1 atom stereocenters. The highest BCUT2D eigenvalue weighted by Crippen LogP contribution is 2.40. The minimum absolute atomic E-state index is 0.000193. The largest absolute Gasteiger partial charge is 0.491 e. The number of hydrogen-bond acceptors (Lipinski definition) is 7. The summed E-state index contributed by atoms with van der Waals surface area (Å²) in [6.07, 6.45) is -0.824. The normalized spacial score (nSPS) is 12.0. The highest BCUT2D eigenvalue weighted by molar-refractivity contribution is 9.10. The number of rotatable bonds is 11. The van der Waals surface area contributed by atoms with Gasteiger partial charge in [-0.2, -0.15) is 12.6 Å². The van der Waals surface area contributed by atoms with Crippen LogP contribution in [-0.4, -0.2) is 42.7 Å². The van der Waals surface area contributed by atoms with E-state index >= 15 is 0 Å². The molecule has 1 amide bonds. The van der Waals surface area contributed by atoms with E-state index in [2.05, 4.69) is 33.9 Å². The Bertz CT molecular complexity index is 890. The Hall–Kier alpha value is -2.23. The lowest BCUT2D eigenvalue weighted by molar-refractivity contribution is -0.141. The van der Waals surface area contributed by atoms with Gasteiger partial charge in [-0.15, -0.1) is 0 Å². The van der Waals surface area contributed by atoms with Gasteiger partial charge < -0.3 is 19.3 Å². The van der Waals surface area contributed by atoms with E-state index in [9.17, 15) is 9.59 Å². The molecule has 0 radical (unpaired) electrons. The van der Waals surface area contributed by atoms with Crippen molar-refractivity contribution in [2.45, 2.75) is 26.4 Å². The summed E-state index contributed by atoms with van der Waals surface area (Å²) in [7, 11) is 0. The molecule has 2 rings (SSSR count). The molecule has 0 aromatic heterocycles. The minimum Gasteiger partial charge on any atom is -0.491 e. The van der Waals surface area contributed by atoms with Crippen molar-refractivity contribution in [2.75, 3.05) is 30.9 Å². The van der Waals surface area contributed by atoms with Crippen molar-refractivity contribution in [3.8, 4) is 5.75 Å². The molecule has 7 nitrogen and oxygen atoms in total. The summed E-state index contributed by atoms with van der Waals surface area (Å²) in [4.78, 5) is 24.2. The van der Waals surface area contributed by atoms with Crippen LogP contribution in [-0.2, 0) is 14.3 Å². The number of carbonyl (C=O) groups excluding carboxylic acids is 2. The summed E-state index contributed by atoms with van der Waals surface area (Å²) in [5, 5.41) is 11.8. The highest BCUT2D eigenvalue weighted by atomic mass is 79.9. The minimum atomic E-state index is -0.662. The number of aliphatic hydroxyl groups excluding tert-OH is 1. The number of aliphatic hydroxyl groups is 1. The van der Waals surface area contributed by atoms with E-state index in [1.165, 1.54) is 0 Å². The lowest BCUT2D eigenvalue weighted by Gasteiger charge is -2.34. The fourth-order valence-electron chi connectivity index (χ4n) is 3.00. The van der Waals surface area contributed by atoms with Crippen molar-refractivity contribution in [3.05, 3.63) is 58.6 Å². The predicted molar refractivity (Wildman–Crippen MR) is 129 cm³/mol. The monoisotopic (exact) mass is 525 g/mol. The van der Waals surface area contributed by atoms with Gasteiger partial charge in [0, 0.05) is 15.6 Å². The van der Waals surface area contributed by atoms with Crippen LogP contribution in [0.3, 0.4) is 0 Å². The first kappa shape index (κ1) is 26.0. The maximum absolute atomic E-state index is 12.7. The number of esters is 1. The van der Waals surface area contributed by atoms with Crippen molar-refractivity contribution < 1.29 is 28.9 Å². The van der Waals surface area contributed by atoms with Crippen LogP contribution in [0.5, 0.6) is 5.75 Å². The van der Waals surface area contributed by atoms with E-state index in [-0.39, 0.29) is 25.6 Å². The molecule has 0 spiro atoms. The van der Waals surface area contributed by atoms with Gasteiger partial charge in [0.25, 0.3) is 0 Å². The smallest absolute Gasteiger partial charge is 0.412 e. The van der Waals surface area contributed by atoms with Crippen LogP contribution in [0.1, 0.15) is 31.9 Å². The van der Waals surface area contributed by atoms with Gasteiger partial charge in [-0.05, 0) is 48.4 Å². The molecule has 2 aromatic rings. The zero-order chi connectivity index (χ0) is 23.6. The van der Waals surface area contributed by atoms with E-state index in [1.54, 1.807) is 30.3 Å².